The third-order valence-corrected chi connectivity index (χ3v) is 4.40. The van der Waals surface area contributed by atoms with Gasteiger partial charge in [0.05, 0.1) is 5.69 Å². The molecule has 19 heavy (non-hydrogen) atoms. The van der Waals surface area contributed by atoms with Gasteiger partial charge in [0.15, 0.2) is 0 Å². The lowest BCUT2D eigenvalue weighted by molar-refractivity contribution is -0.117. The Bertz CT molecular complexity index is 440. The van der Waals surface area contributed by atoms with Crippen molar-refractivity contribution in [2.24, 2.45) is 5.92 Å². The van der Waals surface area contributed by atoms with Crippen molar-refractivity contribution in [2.75, 3.05) is 11.1 Å². The minimum atomic E-state index is 0.0956. The molecule has 1 aliphatic carbocycles. The quantitative estimate of drug-likeness (QED) is 0.642. The van der Waals surface area contributed by atoms with E-state index in [0.29, 0.717) is 18.0 Å². The molecule has 104 valence electrons. The topological polar surface area (TPSA) is 55.1 Å². The highest BCUT2D eigenvalue weighted by molar-refractivity contribution is 9.10. The lowest BCUT2D eigenvalue weighted by Gasteiger charge is -2.14. The number of nitrogen functional groups attached to an aromatic ring is 1. The summed E-state index contributed by atoms with van der Waals surface area (Å²) in [6.07, 6.45) is 8.16. The molecule has 2 rings (SSSR count). The molecule has 0 bridgehead atoms. The van der Waals surface area contributed by atoms with Gasteiger partial charge in [0, 0.05) is 16.6 Å². The number of nitrogens with two attached hydrogens (primary N) is 1. The van der Waals surface area contributed by atoms with E-state index in [-0.39, 0.29) is 5.91 Å². The van der Waals surface area contributed by atoms with Crippen LogP contribution in [0.2, 0.25) is 0 Å². The average molecular weight is 325 g/mol. The van der Waals surface area contributed by atoms with Crippen LogP contribution in [0.15, 0.2) is 22.7 Å². The molecule has 0 aromatic heterocycles. The summed E-state index contributed by atoms with van der Waals surface area (Å²) in [4.78, 5) is 12.1. The van der Waals surface area contributed by atoms with E-state index in [2.05, 4.69) is 21.2 Å². The molecule has 0 radical (unpaired) electrons. The standard InChI is InChI=1S/C15H21BrN2O/c16-13-8-7-12(17)10-14(13)18-15(19)9-11-5-3-1-2-4-6-11/h7-8,10-11H,1-6,9,17H2,(H,18,19). The van der Waals surface area contributed by atoms with Gasteiger partial charge in [-0.15, -0.1) is 0 Å². The van der Waals surface area contributed by atoms with Gasteiger partial charge in [0.1, 0.15) is 0 Å². The molecular formula is C15H21BrN2O. The maximum Gasteiger partial charge on any atom is 0.224 e. The second-order valence-electron chi connectivity index (χ2n) is 5.35. The third-order valence-electron chi connectivity index (χ3n) is 3.71. The van der Waals surface area contributed by atoms with E-state index in [1.54, 1.807) is 6.07 Å². The second-order valence-corrected chi connectivity index (χ2v) is 6.20. The number of nitrogens with one attached hydrogen (secondary N) is 1. The molecule has 1 aromatic rings. The Kier molecular flexibility index (Phi) is 5.25. The fraction of sp³-hybridized carbons (Fsp3) is 0.533. The molecule has 1 amide bonds. The summed E-state index contributed by atoms with van der Waals surface area (Å²) in [5, 5.41) is 2.95. The van der Waals surface area contributed by atoms with Gasteiger partial charge >= 0.3 is 0 Å². The van der Waals surface area contributed by atoms with E-state index in [1.807, 2.05) is 12.1 Å². The van der Waals surface area contributed by atoms with Gasteiger partial charge in [-0.25, -0.2) is 0 Å². The normalized spacial score (nSPS) is 16.9. The van der Waals surface area contributed by atoms with Gasteiger partial charge in [-0.05, 0) is 52.9 Å². The van der Waals surface area contributed by atoms with Crippen molar-refractivity contribution >= 4 is 33.2 Å². The molecule has 1 aromatic carbocycles. The molecular weight excluding hydrogens is 304 g/mol. The molecule has 4 heteroatoms. The zero-order valence-electron chi connectivity index (χ0n) is 11.1. The molecule has 1 aliphatic rings. The molecule has 3 N–H and O–H groups in total. The van der Waals surface area contributed by atoms with Gasteiger partial charge in [-0.2, -0.15) is 0 Å². The lowest BCUT2D eigenvalue weighted by atomic mass is 9.96. The fourth-order valence-corrected chi connectivity index (χ4v) is 3.02. The Morgan fingerprint density at radius 1 is 1.26 bits per heavy atom. The van der Waals surface area contributed by atoms with Crippen LogP contribution in [-0.4, -0.2) is 5.91 Å². The van der Waals surface area contributed by atoms with Crippen molar-refractivity contribution < 1.29 is 4.79 Å². The highest BCUT2D eigenvalue weighted by Crippen LogP contribution is 2.28. The number of carbonyl (C=O) groups is 1. The van der Waals surface area contributed by atoms with Gasteiger partial charge in [-0.1, -0.05) is 25.7 Å². The first-order valence-corrected chi connectivity index (χ1v) is 7.79. The Morgan fingerprint density at radius 2 is 1.95 bits per heavy atom. The van der Waals surface area contributed by atoms with Gasteiger partial charge < -0.3 is 11.1 Å². The number of hydrogen-bond acceptors (Lipinski definition) is 2. The summed E-state index contributed by atoms with van der Waals surface area (Å²) in [7, 11) is 0. The molecule has 1 fully saturated rings. The van der Waals surface area contributed by atoms with E-state index in [9.17, 15) is 4.79 Å². The Morgan fingerprint density at radius 3 is 2.63 bits per heavy atom. The van der Waals surface area contributed by atoms with Gasteiger partial charge in [-0.3, -0.25) is 4.79 Å². The van der Waals surface area contributed by atoms with E-state index >= 15 is 0 Å². The Hall–Kier alpha value is -1.03. The van der Waals surface area contributed by atoms with Crippen molar-refractivity contribution in [2.45, 2.75) is 44.9 Å². The van der Waals surface area contributed by atoms with Crippen molar-refractivity contribution in [3.63, 3.8) is 0 Å². The van der Waals surface area contributed by atoms with Gasteiger partial charge in [0.25, 0.3) is 0 Å². The van der Waals surface area contributed by atoms with Crippen LogP contribution < -0.4 is 11.1 Å². The number of carbonyl (C=O) groups excluding carboxylic acids is 1. The average Bonchev–Trinajstić information content (AvgIpc) is 2.62. The summed E-state index contributed by atoms with van der Waals surface area (Å²) in [6, 6.07) is 5.46. The van der Waals surface area contributed by atoms with Crippen LogP contribution in [0.5, 0.6) is 0 Å². The molecule has 3 nitrogen and oxygen atoms in total. The Labute approximate surface area is 123 Å². The largest absolute Gasteiger partial charge is 0.399 e. The number of benzene rings is 1. The minimum absolute atomic E-state index is 0.0956. The highest BCUT2D eigenvalue weighted by Gasteiger charge is 2.16. The lowest BCUT2D eigenvalue weighted by Crippen LogP contribution is -2.16. The predicted molar refractivity (Wildman–Crippen MR) is 83.0 cm³/mol. The van der Waals surface area contributed by atoms with Crippen LogP contribution in [0.25, 0.3) is 0 Å². The van der Waals surface area contributed by atoms with Crippen LogP contribution in [-0.2, 0) is 4.79 Å². The predicted octanol–water partition coefficient (Wildman–Crippen LogP) is 4.33. The molecule has 0 atom stereocenters. The Balaban J connectivity index is 1.91. The van der Waals surface area contributed by atoms with Crippen LogP contribution >= 0.6 is 15.9 Å². The van der Waals surface area contributed by atoms with E-state index in [0.717, 1.165) is 10.2 Å². The van der Waals surface area contributed by atoms with Gasteiger partial charge in [0.2, 0.25) is 5.91 Å². The van der Waals surface area contributed by atoms with Crippen molar-refractivity contribution in [3.8, 4) is 0 Å². The zero-order chi connectivity index (χ0) is 13.7. The number of hydrogen-bond donors (Lipinski definition) is 2. The maximum absolute atomic E-state index is 12.1. The first-order valence-electron chi connectivity index (χ1n) is 7.00. The van der Waals surface area contributed by atoms with E-state index in [4.69, 9.17) is 5.73 Å². The van der Waals surface area contributed by atoms with Crippen molar-refractivity contribution in [1.82, 2.24) is 0 Å². The maximum atomic E-state index is 12.1. The molecule has 0 saturated heterocycles. The first kappa shape index (κ1) is 14.4. The number of amides is 1. The summed E-state index contributed by atoms with van der Waals surface area (Å²) in [5.41, 5.74) is 7.16. The van der Waals surface area contributed by atoms with Crippen LogP contribution in [0.1, 0.15) is 44.9 Å². The molecule has 0 unspecified atom stereocenters. The first-order chi connectivity index (χ1) is 9.15. The fourth-order valence-electron chi connectivity index (χ4n) is 2.67. The molecule has 0 heterocycles. The smallest absolute Gasteiger partial charge is 0.224 e. The van der Waals surface area contributed by atoms with E-state index in [1.165, 1.54) is 38.5 Å². The molecule has 0 spiro atoms. The molecule has 1 saturated carbocycles. The number of rotatable bonds is 3. The summed E-state index contributed by atoms with van der Waals surface area (Å²) in [6.45, 7) is 0. The SMILES string of the molecule is Nc1ccc(Br)c(NC(=O)CC2CCCCCC2)c1. The molecule has 0 aliphatic heterocycles. The second kappa shape index (κ2) is 6.94. The van der Waals surface area contributed by atoms with Crippen LogP contribution in [0.4, 0.5) is 11.4 Å². The zero-order valence-corrected chi connectivity index (χ0v) is 12.7. The van der Waals surface area contributed by atoms with Crippen LogP contribution in [0, 0.1) is 5.92 Å². The summed E-state index contributed by atoms with van der Waals surface area (Å²) >= 11 is 3.43. The van der Waals surface area contributed by atoms with Crippen molar-refractivity contribution in [3.05, 3.63) is 22.7 Å². The monoisotopic (exact) mass is 324 g/mol. The minimum Gasteiger partial charge on any atom is -0.399 e. The van der Waals surface area contributed by atoms with Crippen LogP contribution in [0.3, 0.4) is 0 Å². The summed E-state index contributed by atoms with van der Waals surface area (Å²) < 4.78 is 0.871. The highest BCUT2D eigenvalue weighted by atomic mass is 79.9. The van der Waals surface area contributed by atoms with Crippen molar-refractivity contribution in [1.29, 1.82) is 0 Å². The number of anilines is 2. The number of halogens is 1. The summed E-state index contributed by atoms with van der Waals surface area (Å²) in [5.74, 6) is 0.639. The van der Waals surface area contributed by atoms with E-state index < -0.39 is 0 Å². The third kappa shape index (κ3) is 4.53.